The van der Waals surface area contributed by atoms with Crippen LogP contribution in [-0.4, -0.2) is 14.5 Å². The van der Waals surface area contributed by atoms with Gasteiger partial charge < -0.3 is 4.57 Å². The Morgan fingerprint density at radius 1 is 1.23 bits per heavy atom. The molecular formula is C18H16N4. The van der Waals surface area contributed by atoms with E-state index in [0.29, 0.717) is 5.56 Å². The fourth-order valence-corrected chi connectivity index (χ4v) is 2.57. The summed E-state index contributed by atoms with van der Waals surface area (Å²) in [6, 6.07) is 14.0. The molecule has 2 heterocycles. The normalized spacial score (nSPS) is 11.8. The molecule has 0 amide bonds. The van der Waals surface area contributed by atoms with E-state index in [9.17, 15) is 0 Å². The van der Waals surface area contributed by atoms with Crippen molar-refractivity contribution >= 4 is 0 Å². The molecule has 108 valence electrons. The number of imidazole rings is 1. The van der Waals surface area contributed by atoms with Gasteiger partial charge in [-0.2, -0.15) is 5.26 Å². The third-order valence-corrected chi connectivity index (χ3v) is 3.72. The smallest absolute Gasteiger partial charge is 0.0991 e. The number of hydrogen-bond donors (Lipinski definition) is 0. The lowest BCUT2D eigenvalue weighted by molar-refractivity contribution is 0.551. The van der Waals surface area contributed by atoms with Crippen LogP contribution in [0.2, 0.25) is 0 Å². The molecular weight excluding hydrogens is 272 g/mol. The Hall–Kier alpha value is -2.93. The second kappa shape index (κ2) is 6.23. The Kier molecular flexibility index (Phi) is 3.97. The molecule has 0 radical (unpaired) electrons. The number of nitriles is 1. The molecule has 1 aromatic carbocycles. The quantitative estimate of drug-likeness (QED) is 0.733. The van der Waals surface area contributed by atoms with Gasteiger partial charge in [0.1, 0.15) is 0 Å². The number of hydrogen-bond acceptors (Lipinski definition) is 3. The molecule has 0 spiro atoms. The molecule has 0 aliphatic rings. The molecule has 1 atom stereocenters. The highest BCUT2D eigenvalue weighted by atomic mass is 15.1. The first-order valence-electron chi connectivity index (χ1n) is 7.25. The van der Waals surface area contributed by atoms with Gasteiger partial charge in [0, 0.05) is 24.2 Å². The van der Waals surface area contributed by atoms with Crippen molar-refractivity contribution in [1.82, 2.24) is 14.5 Å². The van der Waals surface area contributed by atoms with E-state index in [0.717, 1.165) is 23.2 Å². The second-order valence-corrected chi connectivity index (χ2v) is 5.10. The molecule has 3 rings (SSSR count). The number of benzene rings is 1. The van der Waals surface area contributed by atoms with Crippen LogP contribution >= 0.6 is 0 Å². The van der Waals surface area contributed by atoms with Crippen molar-refractivity contribution in [2.24, 2.45) is 0 Å². The predicted molar refractivity (Wildman–Crippen MR) is 85.0 cm³/mol. The van der Waals surface area contributed by atoms with E-state index >= 15 is 0 Å². The number of pyridine rings is 1. The highest BCUT2D eigenvalue weighted by Gasteiger charge is 2.12. The number of nitrogens with zero attached hydrogens (tertiary/aromatic N) is 4. The zero-order chi connectivity index (χ0) is 15.4. The maximum Gasteiger partial charge on any atom is 0.0991 e. The van der Waals surface area contributed by atoms with Gasteiger partial charge in [-0.1, -0.05) is 25.1 Å². The van der Waals surface area contributed by atoms with Crippen molar-refractivity contribution in [3.63, 3.8) is 0 Å². The lowest BCUT2D eigenvalue weighted by Gasteiger charge is -2.16. The molecule has 0 saturated heterocycles. The van der Waals surface area contributed by atoms with Gasteiger partial charge in [0.05, 0.1) is 29.7 Å². The summed E-state index contributed by atoms with van der Waals surface area (Å²) in [6.45, 7) is 2.14. The van der Waals surface area contributed by atoms with Crippen LogP contribution in [0.3, 0.4) is 0 Å². The zero-order valence-electron chi connectivity index (χ0n) is 12.3. The molecule has 0 saturated carbocycles. The Morgan fingerprint density at radius 2 is 2.14 bits per heavy atom. The zero-order valence-corrected chi connectivity index (χ0v) is 12.3. The average Bonchev–Trinajstić information content (AvgIpc) is 3.10. The number of aromatic nitrogens is 3. The van der Waals surface area contributed by atoms with Gasteiger partial charge in [0.15, 0.2) is 0 Å². The highest BCUT2D eigenvalue weighted by molar-refractivity contribution is 5.64. The monoisotopic (exact) mass is 288 g/mol. The van der Waals surface area contributed by atoms with Crippen LogP contribution in [0.1, 0.15) is 30.6 Å². The van der Waals surface area contributed by atoms with Crippen molar-refractivity contribution < 1.29 is 0 Å². The van der Waals surface area contributed by atoms with Crippen molar-refractivity contribution in [2.45, 2.75) is 19.4 Å². The molecule has 1 unspecified atom stereocenters. The summed E-state index contributed by atoms with van der Waals surface area (Å²) in [6.07, 6.45) is 8.38. The third-order valence-electron chi connectivity index (χ3n) is 3.72. The molecule has 2 aromatic heterocycles. The molecule has 22 heavy (non-hydrogen) atoms. The Labute approximate surface area is 129 Å². The first kappa shape index (κ1) is 14.0. The van der Waals surface area contributed by atoms with Crippen LogP contribution in [0.15, 0.2) is 61.3 Å². The highest BCUT2D eigenvalue weighted by Crippen LogP contribution is 2.24. The topological polar surface area (TPSA) is 54.5 Å². The summed E-state index contributed by atoms with van der Waals surface area (Å²) in [5.74, 6) is 0. The van der Waals surface area contributed by atoms with E-state index < -0.39 is 0 Å². The van der Waals surface area contributed by atoms with Crippen LogP contribution in [0.4, 0.5) is 0 Å². The lowest BCUT2D eigenvalue weighted by Crippen LogP contribution is -2.09. The summed E-state index contributed by atoms with van der Waals surface area (Å²) in [7, 11) is 0. The van der Waals surface area contributed by atoms with Crippen LogP contribution in [0.5, 0.6) is 0 Å². The van der Waals surface area contributed by atoms with Crippen LogP contribution in [0, 0.1) is 11.3 Å². The minimum absolute atomic E-state index is 0.196. The maximum atomic E-state index is 8.99. The van der Waals surface area contributed by atoms with Gasteiger partial charge in [0.25, 0.3) is 0 Å². The van der Waals surface area contributed by atoms with Crippen LogP contribution in [0.25, 0.3) is 11.1 Å². The molecule has 0 aliphatic carbocycles. The molecule has 0 bridgehead atoms. The van der Waals surface area contributed by atoms with Crippen LogP contribution in [-0.2, 0) is 0 Å². The Balaban J connectivity index is 1.91. The van der Waals surface area contributed by atoms with Crippen molar-refractivity contribution in [3.05, 3.63) is 72.6 Å². The largest absolute Gasteiger partial charge is 0.328 e. The standard InChI is InChI=1S/C18H16N4/c1-2-18(22-9-8-20-13-22)17-7-6-16(12-21-17)15-5-3-4-14(10-15)11-19/h3-10,12-13,18H,2H2,1H3. The van der Waals surface area contributed by atoms with E-state index in [1.54, 1.807) is 12.3 Å². The summed E-state index contributed by atoms with van der Waals surface area (Å²) >= 11 is 0. The summed E-state index contributed by atoms with van der Waals surface area (Å²) < 4.78 is 2.07. The Morgan fingerprint density at radius 3 is 2.77 bits per heavy atom. The summed E-state index contributed by atoms with van der Waals surface area (Å²) in [5, 5.41) is 8.99. The van der Waals surface area contributed by atoms with Crippen molar-refractivity contribution in [3.8, 4) is 17.2 Å². The van der Waals surface area contributed by atoms with Crippen molar-refractivity contribution in [1.29, 1.82) is 5.26 Å². The molecule has 4 heteroatoms. The van der Waals surface area contributed by atoms with E-state index in [2.05, 4.69) is 33.6 Å². The second-order valence-electron chi connectivity index (χ2n) is 5.10. The fraction of sp³-hybridized carbons (Fsp3) is 0.167. The SMILES string of the molecule is CCC(c1ccc(-c2cccc(C#N)c2)cn1)n1ccnc1. The minimum atomic E-state index is 0.196. The first-order valence-corrected chi connectivity index (χ1v) is 7.25. The maximum absolute atomic E-state index is 8.99. The minimum Gasteiger partial charge on any atom is -0.328 e. The first-order chi connectivity index (χ1) is 10.8. The third kappa shape index (κ3) is 2.75. The lowest BCUT2D eigenvalue weighted by atomic mass is 10.0. The van der Waals surface area contributed by atoms with Gasteiger partial charge in [-0.15, -0.1) is 0 Å². The molecule has 4 nitrogen and oxygen atoms in total. The summed E-state index contributed by atoms with van der Waals surface area (Å²) in [4.78, 5) is 8.71. The molecule has 0 aliphatic heterocycles. The fourth-order valence-electron chi connectivity index (χ4n) is 2.57. The van der Waals surface area contributed by atoms with Gasteiger partial charge in [0.2, 0.25) is 0 Å². The molecule has 3 aromatic rings. The van der Waals surface area contributed by atoms with Gasteiger partial charge in [-0.25, -0.2) is 4.98 Å². The van der Waals surface area contributed by atoms with E-state index in [-0.39, 0.29) is 6.04 Å². The van der Waals surface area contributed by atoms with E-state index in [4.69, 9.17) is 5.26 Å². The number of rotatable bonds is 4. The van der Waals surface area contributed by atoms with Crippen LogP contribution < -0.4 is 0 Å². The predicted octanol–water partition coefficient (Wildman–Crippen LogP) is 3.82. The summed E-state index contributed by atoms with van der Waals surface area (Å²) in [5.41, 5.74) is 3.70. The average molecular weight is 288 g/mol. The van der Waals surface area contributed by atoms with E-state index in [1.807, 2.05) is 43.0 Å². The Bertz CT molecular complexity index is 783. The van der Waals surface area contributed by atoms with Gasteiger partial charge in [-0.05, 0) is 30.2 Å². The molecule has 0 N–H and O–H groups in total. The van der Waals surface area contributed by atoms with Crippen molar-refractivity contribution in [2.75, 3.05) is 0 Å². The van der Waals surface area contributed by atoms with E-state index in [1.165, 1.54) is 0 Å². The van der Waals surface area contributed by atoms with Gasteiger partial charge in [-0.3, -0.25) is 4.98 Å². The van der Waals surface area contributed by atoms with Gasteiger partial charge >= 0.3 is 0 Å². The molecule has 0 fully saturated rings.